The van der Waals surface area contributed by atoms with Gasteiger partial charge >= 0.3 is 0 Å². The first-order valence-electron chi connectivity index (χ1n) is 5.96. The Hall–Kier alpha value is -1.71. The maximum Gasteiger partial charge on any atom is 0.149 e. The minimum absolute atomic E-state index is 0.102. The standard InChI is InChI=1S/C14H16F2N2/c1-5-10-8(3)13(17-4)11-12(16)7(2)6-9(15)14(11)18-10/h6H,5H2,1-4H3,(H,17,18). The highest BCUT2D eigenvalue weighted by molar-refractivity contribution is 5.94. The average Bonchev–Trinajstić information content (AvgIpc) is 2.35. The molecule has 0 radical (unpaired) electrons. The fourth-order valence-corrected chi connectivity index (χ4v) is 2.29. The molecular weight excluding hydrogens is 234 g/mol. The zero-order chi connectivity index (χ0) is 13.4. The maximum absolute atomic E-state index is 14.2. The Kier molecular flexibility index (Phi) is 3.20. The molecule has 1 heterocycles. The van der Waals surface area contributed by atoms with Gasteiger partial charge in [0.25, 0.3) is 0 Å². The van der Waals surface area contributed by atoms with Gasteiger partial charge < -0.3 is 5.32 Å². The number of fused-ring (bicyclic) bond motifs is 1. The lowest BCUT2D eigenvalue weighted by atomic mass is 10.0. The lowest BCUT2D eigenvalue weighted by Crippen LogP contribution is -2.04. The van der Waals surface area contributed by atoms with Crippen molar-refractivity contribution in [1.29, 1.82) is 0 Å². The van der Waals surface area contributed by atoms with E-state index < -0.39 is 11.6 Å². The van der Waals surface area contributed by atoms with Gasteiger partial charge in [-0.2, -0.15) is 0 Å². The topological polar surface area (TPSA) is 24.9 Å². The molecule has 1 N–H and O–H groups in total. The van der Waals surface area contributed by atoms with Crippen LogP contribution in [0.3, 0.4) is 0 Å². The molecule has 18 heavy (non-hydrogen) atoms. The Morgan fingerprint density at radius 1 is 1.28 bits per heavy atom. The lowest BCUT2D eigenvalue weighted by Gasteiger charge is -2.15. The number of aryl methyl sites for hydroxylation is 2. The summed E-state index contributed by atoms with van der Waals surface area (Å²) in [6.45, 7) is 5.38. The summed E-state index contributed by atoms with van der Waals surface area (Å²) in [5.74, 6) is -0.885. The molecule has 0 atom stereocenters. The van der Waals surface area contributed by atoms with Crippen LogP contribution in [0.25, 0.3) is 10.9 Å². The Balaban J connectivity index is 3.02. The molecule has 0 aliphatic carbocycles. The van der Waals surface area contributed by atoms with Crippen molar-refractivity contribution in [3.63, 3.8) is 0 Å². The number of halogens is 2. The molecule has 0 saturated heterocycles. The van der Waals surface area contributed by atoms with Crippen molar-refractivity contribution < 1.29 is 8.78 Å². The molecule has 0 aliphatic rings. The first-order valence-corrected chi connectivity index (χ1v) is 5.96. The van der Waals surface area contributed by atoms with Crippen LogP contribution in [0.15, 0.2) is 6.07 Å². The molecule has 1 aromatic heterocycles. The van der Waals surface area contributed by atoms with Crippen LogP contribution in [-0.2, 0) is 6.42 Å². The summed E-state index contributed by atoms with van der Waals surface area (Å²) in [5.41, 5.74) is 2.68. The fraction of sp³-hybridized carbons (Fsp3) is 0.357. The summed E-state index contributed by atoms with van der Waals surface area (Å²) < 4.78 is 28.1. The van der Waals surface area contributed by atoms with Crippen molar-refractivity contribution in [2.75, 3.05) is 12.4 Å². The number of nitrogens with one attached hydrogen (secondary N) is 1. The monoisotopic (exact) mass is 250 g/mol. The molecule has 0 unspecified atom stereocenters. The number of benzene rings is 1. The third-order valence-electron chi connectivity index (χ3n) is 3.26. The number of aromatic nitrogens is 1. The zero-order valence-electron chi connectivity index (χ0n) is 11.0. The van der Waals surface area contributed by atoms with Gasteiger partial charge in [0, 0.05) is 12.7 Å². The van der Waals surface area contributed by atoms with Gasteiger partial charge in [0.05, 0.1) is 11.1 Å². The predicted molar refractivity (Wildman–Crippen MR) is 70.1 cm³/mol. The molecule has 2 aromatic rings. The summed E-state index contributed by atoms with van der Waals surface area (Å²) in [6, 6.07) is 1.19. The highest BCUT2D eigenvalue weighted by Crippen LogP contribution is 2.33. The molecule has 0 saturated carbocycles. The predicted octanol–water partition coefficient (Wildman–Crippen LogP) is 3.73. The highest BCUT2D eigenvalue weighted by atomic mass is 19.1. The second kappa shape index (κ2) is 4.52. The zero-order valence-corrected chi connectivity index (χ0v) is 11.0. The fourth-order valence-electron chi connectivity index (χ4n) is 2.29. The number of hydrogen-bond acceptors (Lipinski definition) is 2. The van der Waals surface area contributed by atoms with Gasteiger partial charge in [-0.05, 0) is 37.5 Å². The molecule has 0 spiro atoms. The van der Waals surface area contributed by atoms with Crippen LogP contribution in [-0.4, -0.2) is 12.0 Å². The van der Waals surface area contributed by atoms with Crippen LogP contribution in [0.5, 0.6) is 0 Å². The molecular formula is C14H16F2N2. The number of hydrogen-bond donors (Lipinski definition) is 1. The first kappa shape index (κ1) is 12.7. The van der Waals surface area contributed by atoms with Crippen LogP contribution in [0.4, 0.5) is 14.5 Å². The van der Waals surface area contributed by atoms with Crippen molar-refractivity contribution in [3.8, 4) is 0 Å². The quantitative estimate of drug-likeness (QED) is 0.878. The van der Waals surface area contributed by atoms with Crippen LogP contribution in [0.1, 0.15) is 23.7 Å². The summed E-state index contributed by atoms with van der Waals surface area (Å²) >= 11 is 0. The minimum atomic E-state index is -0.477. The van der Waals surface area contributed by atoms with E-state index in [1.165, 1.54) is 6.07 Å². The van der Waals surface area contributed by atoms with E-state index in [4.69, 9.17) is 0 Å². The van der Waals surface area contributed by atoms with Crippen molar-refractivity contribution in [3.05, 3.63) is 34.5 Å². The second-order valence-electron chi connectivity index (χ2n) is 4.37. The van der Waals surface area contributed by atoms with Gasteiger partial charge in [-0.15, -0.1) is 0 Å². The third-order valence-corrected chi connectivity index (χ3v) is 3.26. The third kappa shape index (κ3) is 1.72. The summed E-state index contributed by atoms with van der Waals surface area (Å²) in [7, 11) is 1.71. The highest BCUT2D eigenvalue weighted by Gasteiger charge is 2.18. The van der Waals surface area contributed by atoms with E-state index >= 15 is 0 Å². The van der Waals surface area contributed by atoms with E-state index in [2.05, 4.69) is 10.3 Å². The summed E-state index contributed by atoms with van der Waals surface area (Å²) in [4.78, 5) is 4.25. The summed E-state index contributed by atoms with van der Waals surface area (Å²) in [6.07, 6.45) is 0.686. The SMILES string of the molecule is CCc1nc2c(F)cc(C)c(F)c2c(NC)c1C. The van der Waals surface area contributed by atoms with Gasteiger partial charge in [0.2, 0.25) is 0 Å². The molecule has 0 fully saturated rings. The normalized spacial score (nSPS) is 11.0. The summed E-state index contributed by atoms with van der Waals surface area (Å²) in [5, 5.41) is 3.20. The van der Waals surface area contributed by atoms with Gasteiger partial charge in [0.1, 0.15) is 17.2 Å². The molecule has 0 amide bonds. The maximum atomic E-state index is 14.2. The largest absolute Gasteiger partial charge is 0.387 e. The van der Waals surface area contributed by atoms with Crippen molar-refractivity contribution in [1.82, 2.24) is 4.98 Å². The Morgan fingerprint density at radius 2 is 1.94 bits per heavy atom. The molecule has 0 aliphatic heterocycles. The molecule has 2 rings (SSSR count). The number of nitrogens with zero attached hydrogens (tertiary/aromatic N) is 1. The van der Waals surface area contributed by atoms with Crippen molar-refractivity contribution >= 4 is 16.6 Å². The van der Waals surface area contributed by atoms with Crippen LogP contribution >= 0.6 is 0 Å². The number of rotatable bonds is 2. The van der Waals surface area contributed by atoms with Crippen molar-refractivity contribution in [2.45, 2.75) is 27.2 Å². The van der Waals surface area contributed by atoms with E-state index in [1.807, 2.05) is 13.8 Å². The second-order valence-corrected chi connectivity index (χ2v) is 4.37. The van der Waals surface area contributed by atoms with Gasteiger partial charge in [-0.3, -0.25) is 0 Å². The molecule has 4 heteroatoms. The van der Waals surface area contributed by atoms with Gasteiger partial charge in [0.15, 0.2) is 0 Å². The number of pyridine rings is 1. The van der Waals surface area contributed by atoms with E-state index in [0.29, 0.717) is 17.7 Å². The van der Waals surface area contributed by atoms with Gasteiger partial charge in [-0.1, -0.05) is 6.92 Å². The van der Waals surface area contributed by atoms with Crippen LogP contribution in [0, 0.1) is 25.5 Å². The molecule has 1 aromatic carbocycles. The number of anilines is 1. The van der Waals surface area contributed by atoms with E-state index in [-0.39, 0.29) is 10.9 Å². The minimum Gasteiger partial charge on any atom is -0.387 e. The Morgan fingerprint density at radius 3 is 2.50 bits per heavy atom. The smallest absolute Gasteiger partial charge is 0.149 e. The molecule has 96 valence electrons. The molecule has 0 bridgehead atoms. The Labute approximate surface area is 105 Å². The van der Waals surface area contributed by atoms with E-state index in [9.17, 15) is 8.78 Å². The molecule has 2 nitrogen and oxygen atoms in total. The Bertz CT molecular complexity index is 621. The van der Waals surface area contributed by atoms with Gasteiger partial charge in [-0.25, -0.2) is 13.8 Å². The first-order chi connectivity index (χ1) is 8.51. The van der Waals surface area contributed by atoms with E-state index in [1.54, 1.807) is 14.0 Å². The van der Waals surface area contributed by atoms with Crippen LogP contribution in [0.2, 0.25) is 0 Å². The lowest BCUT2D eigenvalue weighted by molar-refractivity contribution is 0.607. The van der Waals surface area contributed by atoms with Crippen LogP contribution < -0.4 is 5.32 Å². The van der Waals surface area contributed by atoms with Crippen molar-refractivity contribution in [2.24, 2.45) is 0 Å². The average molecular weight is 250 g/mol. The van der Waals surface area contributed by atoms with E-state index in [0.717, 1.165) is 11.3 Å².